The van der Waals surface area contributed by atoms with E-state index in [2.05, 4.69) is 43.4 Å². The van der Waals surface area contributed by atoms with E-state index in [0.29, 0.717) is 6.54 Å². The molecule has 0 spiro atoms. The van der Waals surface area contributed by atoms with Crippen LogP contribution in [0.4, 0.5) is 0 Å². The molecule has 0 radical (unpaired) electrons. The summed E-state index contributed by atoms with van der Waals surface area (Å²) in [6, 6.07) is 10.4. The Morgan fingerprint density at radius 3 is 2.63 bits per heavy atom. The van der Waals surface area contributed by atoms with Gasteiger partial charge >= 0.3 is 0 Å². The van der Waals surface area contributed by atoms with Crippen LogP contribution >= 0.6 is 0 Å². The van der Waals surface area contributed by atoms with Crippen molar-refractivity contribution in [3.8, 4) is 0 Å². The van der Waals surface area contributed by atoms with Crippen molar-refractivity contribution in [2.45, 2.75) is 38.5 Å². The highest BCUT2D eigenvalue weighted by Gasteiger charge is 2.24. The second kappa shape index (κ2) is 6.05. The molecule has 1 aromatic rings. The third kappa shape index (κ3) is 3.69. The minimum Gasteiger partial charge on any atom is -0.355 e. The van der Waals surface area contributed by atoms with Crippen LogP contribution in [0, 0.1) is 5.92 Å². The van der Waals surface area contributed by atoms with Crippen LogP contribution in [0.2, 0.25) is 0 Å². The van der Waals surface area contributed by atoms with Gasteiger partial charge in [-0.05, 0) is 24.8 Å². The number of carbonyl (C=O) groups is 1. The van der Waals surface area contributed by atoms with E-state index >= 15 is 0 Å². The van der Waals surface area contributed by atoms with Crippen LogP contribution in [-0.4, -0.2) is 12.5 Å². The molecule has 19 heavy (non-hydrogen) atoms. The zero-order valence-electron chi connectivity index (χ0n) is 11.9. The molecular weight excluding hydrogens is 234 g/mol. The first-order chi connectivity index (χ1) is 9.09. The van der Waals surface area contributed by atoms with E-state index in [1.54, 1.807) is 0 Å². The van der Waals surface area contributed by atoms with Crippen LogP contribution in [-0.2, 0) is 10.2 Å². The van der Waals surface area contributed by atoms with E-state index in [1.165, 1.54) is 5.56 Å². The average molecular weight is 257 g/mol. The minimum absolute atomic E-state index is 0.0264. The molecule has 1 atom stereocenters. The fourth-order valence-corrected chi connectivity index (χ4v) is 2.48. The predicted molar refractivity (Wildman–Crippen MR) is 79.0 cm³/mol. The number of nitrogens with one attached hydrogen (secondary N) is 1. The van der Waals surface area contributed by atoms with E-state index in [4.69, 9.17) is 0 Å². The SMILES string of the molecule is CC(C)(CNC(=O)[C@H]1CC=CCC1)c1ccccc1. The Balaban J connectivity index is 1.90. The second-order valence-corrected chi connectivity index (χ2v) is 5.95. The van der Waals surface area contributed by atoms with Gasteiger partial charge < -0.3 is 5.32 Å². The molecule has 2 heteroatoms. The molecule has 102 valence electrons. The summed E-state index contributed by atoms with van der Waals surface area (Å²) in [5.41, 5.74) is 1.24. The summed E-state index contributed by atoms with van der Waals surface area (Å²) < 4.78 is 0. The first kappa shape index (κ1) is 13.9. The Morgan fingerprint density at radius 2 is 2.00 bits per heavy atom. The van der Waals surface area contributed by atoms with Crippen molar-refractivity contribution in [3.63, 3.8) is 0 Å². The lowest BCUT2D eigenvalue weighted by atomic mass is 9.84. The largest absolute Gasteiger partial charge is 0.355 e. The number of allylic oxidation sites excluding steroid dienone is 2. The highest BCUT2D eigenvalue weighted by atomic mass is 16.1. The molecule has 2 nitrogen and oxygen atoms in total. The normalized spacial score (nSPS) is 19.2. The standard InChI is InChI=1S/C17H23NO/c1-17(2,15-11-7-4-8-12-15)13-18-16(19)14-9-5-3-6-10-14/h3-5,7-8,11-12,14H,6,9-10,13H2,1-2H3,(H,18,19)/t14-/m0/s1. The van der Waals surface area contributed by atoms with Crippen molar-refractivity contribution in [2.75, 3.05) is 6.54 Å². The smallest absolute Gasteiger partial charge is 0.223 e. The molecule has 0 unspecified atom stereocenters. The van der Waals surface area contributed by atoms with Gasteiger partial charge in [0, 0.05) is 17.9 Å². The van der Waals surface area contributed by atoms with Crippen LogP contribution in [0.5, 0.6) is 0 Å². The Morgan fingerprint density at radius 1 is 1.26 bits per heavy atom. The maximum atomic E-state index is 12.1. The van der Waals surface area contributed by atoms with Crippen molar-refractivity contribution in [1.29, 1.82) is 0 Å². The molecule has 0 fully saturated rings. The molecule has 0 heterocycles. The fourth-order valence-electron chi connectivity index (χ4n) is 2.48. The fraction of sp³-hybridized carbons (Fsp3) is 0.471. The predicted octanol–water partition coefficient (Wildman–Crippen LogP) is 3.44. The van der Waals surface area contributed by atoms with Crippen LogP contribution < -0.4 is 5.32 Å². The molecule has 1 amide bonds. The molecule has 1 aliphatic rings. The summed E-state index contributed by atoms with van der Waals surface area (Å²) >= 11 is 0. The van der Waals surface area contributed by atoms with Crippen LogP contribution in [0.3, 0.4) is 0 Å². The van der Waals surface area contributed by atoms with Crippen molar-refractivity contribution >= 4 is 5.91 Å². The Bertz CT molecular complexity index is 448. The van der Waals surface area contributed by atoms with Crippen molar-refractivity contribution < 1.29 is 4.79 Å². The molecule has 0 saturated carbocycles. The topological polar surface area (TPSA) is 29.1 Å². The minimum atomic E-state index is -0.0264. The van der Waals surface area contributed by atoms with E-state index in [1.807, 2.05) is 18.2 Å². The van der Waals surface area contributed by atoms with Crippen LogP contribution in [0.1, 0.15) is 38.7 Å². The van der Waals surface area contributed by atoms with Gasteiger partial charge in [0.2, 0.25) is 5.91 Å². The average Bonchev–Trinajstić information content (AvgIpc) is 2.47. The molecule has 1 aromatic carbocycles. The van der Waals surface area contributed by atoms with Gasteiger partial charge in [-0.3, -0.25) is 4.79 Å². The lowest BCUT2D eigenvalue weighted by molar-refractivity contribution is -0.125. The molecule has 2 rings (SSSR count). The van der Waals surface area contributed by atoms with E-state index in [-0.39, 0.29) is 17.2 Å². The Kier molecular flexibility index (Phi) is 4.41. The summed E-state index contributed by atoms with van der Waals surface area (Å²) in [5, 5.41) is 3.12. The van der Waals surface area contributed by atoms with Crippen molar-refractivity contribution in [2.24, 2.45) is 5.92 Å². The molecular formula is C17H23NO. The Labute approximate surface area is 115 Å². The lowest BCUT2D eigenvalue weighted by Crippen LogP contribution is -2.39. The molecule has 1 aliphatic carbocycles. The first-order valence-corrected chi connectivity index (χ1v) is 7.08. The van der Waals surface area contributed by atoms with Gasteiger partial charge in [0.1, 0.15) is 0 Å². The summed E-state index contributed by atoms with van der Waals surface area (Å²) in [4.78, 5) is 12.1. The third-order valence-electron chi connectivity index (χ3n) is 3.90. The summed E-state index contributed by atoms with van der Waals surface area (Å²) in [6.07, 6.45) is 7.18. The van der Waals surface area contributed by atoms with Gasteiger partial charge in [0.15, 0.2) is 0 Å². The number of benzene rings is 1. The zero-order chi connectivity index (χ0) is 13.7. The number of amides is 1. The number of hydrogen-bond acceptors (Lipinski definition) is 1. The van der Waals surface area contributed by atoms with Gasteiger partial charge in [-0.15, -0.1) is 0 Å². The van der Waals surface area contributed by atoms with E-state index in [0.717, 1.165) is 19.3 Å². The van der Waals surface area contributed by atoms with Gasteiger partial charge in [-0.2, -0.15) is 0 Å². The van der Waals surface area contributed by atoms with Gasteiger partial charge in [-0.25, -0.2) is 0 Å². The van der Waals surface area contributed by atoms with Crippen LogP contribution in [0.15, 0.2) is 42.5 Å². The third-order valence-corrected chi connectivity index (χ3v) is 3.90. The summed E-state index contributed by atoms with van der Waals surface area (Å²) in [7, 11) is 0. The van der Waals surface area contributed by atoms with Gasteiger partial charge in [-0.1, -0.05) is 56.3 Å². The highest BCUT2D eigenvalue weighted by molar-refractivity contribution is 5.79. The molecule has 1 N–H and O–H groups in total. The van der Waals surface area contributed by atoms with Crippen molar-refractivity contribution in [3.05, 3.63) is 48.0 Å². The molecule has 0 bridgehead atoms. The molecule has 0 saturated heterocycles. The number of carbonyl (C=O) groups excluding carboxylic acids is 1. The van der Waals surface area contributed by atoms with Gasteiger partial charge in [0.25, 0.3) is 0 Å². The van der Waals surface area contributed by atoms with E-state index in [9.17, 15) is 4.79 Å². The number of rotatable bonds is 4. The second-order valence-electron chi connectivity index (χ2n) is 5.95. The highest BCUT2D eigenvalue weighted by Crippen LogP contribution is 2.23. The molecule has 0 aromatic heterocycles. The Hall–Kier alpha value is -1.57. The van der Waals surface area contributed by atoms with Crippen molar-refractivity contribution in [1.82, 2.24) is 5.32 Å². The maximum absolute atomic E-state index is 12.1. The van der Waals surface area contributed by atoms with Crippen LogP contribution in [0.25, 0.3) is 0 Å². The summed E-state index contributed by atoms with van der Waals surface area (Å²) in [6.45, 7) is 5.03. The molecule has 0 aliphatic heterocycles. The zero-order valence-corrected chi connectivity index (χ0v) is 11.9. The quantitative estimate of drug-likeness (QED) is 0.823. The summed E-state index contributed by atoms with van der Waals surface area (Å²) in [5.74, 6) is 0.366. The van der Waals surface area contributed by atoms with Gasteiger partial charge in [0.05, 0.1) is 0 Å². The first-order valence-electron chi connectivity index (χ1n) is 7.08. The maximum Gasteiger partial charge on any atom is 0.223 e. The van der Waals surface area contributed by atoms with E-state index < -0.39 is 0 Å². The number of hydrogen-bond donors (Lipinski definition) is 1. The monoisotopic (exact) mass is 257 g/mol. The lowest BCUT2D eigenvalue weighted by Gasteiger charge is -2.27.